The molecule has 15 heavy (non-hydrogen) atoms. The van der Waals surface area contributed by atoms with Gasteiger partial charge >= 0.3 is 0 Å². The smallest absolute Gasteiger partial charge is 0.235 e. The minimum atomic E-state index is -3.46. The van der Waals surface area contributed by atoms with Crippen LogP contribution in [0.3, 0.4) is 0 Å². The number of rotatable bonds is 3. The lowest BCUT2D eigenvalue weighted by molar-refractivity contribution is 0.597. The summed E-state index contributed by atoms with van der Waals surface area (Å²) in [7, 11) is -3.46. The summed E-state index contributed by atoms with van der Waals surface area (Å²) < 4.78 is 38.5. The molecule has 1 aliphatic rings. The third kappa shape index (κ3) is 2.04. The third-order valence-corrected chi connectivity index (χ3v) is 4.09. The first-order chi connectivity index (χ1) is 7.00. The first-order valence-electron chi connectivity index (χ1n) is 4.56. The van der Waals surface area contributed by atoms with E-state index in [4.69, 9.17) is 5.73 Å². The van der Waals surface area contributed by atoms with E-state index in [0.717, 1.165) is 0 Å². The topological polar surface area (TPSA) is 72.2 Å². The normalized spacial score (nSPS) is 16.3. The second-order valence-electron chi connectivity index (χ2n) is 3.55. The summed E-state index contributed by atoms with van der Waals surface area (Å²) in [4.78, 5) is 0. The standard InChI is InChI=1S/C9H11FN2O2S/c10-7-2-1-3-8(11)9(7)12-15(13,14)6-4-5-6/h1-3,6,12H,4-5,11H2. The van der Waals surface area contributed by atoms with Crippen LogP contribution in [0.25, 0.3) is 0 Å². The van der Waals surface area contributed by atoms with Crippen molar-refractivity contribution in [3.05, 3.63) is 24.0 Å². The number of nitrogens with two attached hydrogens (primary N) is 1. The van der Waals surface area contributed by atoms with Crippen LogP contribution in [0.5, 0.6) is 0 Å². The fourth-order valence-electron chi connectivity index (χ4n) is 1.25. The monoisotopic (exact) mass is 230 g/mol. The van der Waals surface area contributed by atoms with E-state index in [2.05, 4.69) is 4.72 Å². The van der Waals surface area contributed by atoms with E-state index in [1.165, 1.54) is 18.2 Å². The van der Waals surface area contributed by atoms with Crippen LogP contribution in [0.15, 0.2) is 18.2 Å². The van der Waals surface area contributed by atoms with Crippen molar-refractivity contribution < 1.29 is 12.8 Å². The van der Waals surface area contributed by atoms with Crippen LogP contribution in [0.1, 0.15) is 12.8 Å². The summed E-state index contributed by atoms with van der Waals surface area (Å²) in [6.07, 6.45) is 1.26. The number of hydrogen-bond donors (Lipinski definition) is 2. The maximum atomic E-state index is 13.3. The average Bonchev–Trinajstić information content (AvgIpc) is 2.94. The molecule has 1 saturated carbocycles. The highest BCUT2D eigenvalue weighted by Gasteiger charge is 2.36. The zero-order valence-corrected chi connectivity index (χ0v) is 8.72. The van der Waals surface area contributed by atoms with Crippen LogP contribution < -0.4 is 10.5 Å². The summed E-state index contributed by atoms with van der Waals surface area (Å²) >= 11 is 0. The molecule has 2 rings (SSSR count). The molecule has 3 N–H and O–H groups in total. The van der Waals surface area contributed by atoms with Crippen LogP contribution in [0, 0.1) is 5.82 Å². The predicted molar refractivity (Wildman–Crippen MR) is 56.4 cm³/mol. The van der Waals surface area contributed by atoms with Gasteiger partial charge in [-0.25, -0.2) is 12.8 Å². The summed E-state index contributed by atoms with van der Waals surface area (Å²) in [6, 6.07) is 4.05. The van der Waals surface area contributed by atoms with Gasteiger partial charge in [-0.2, -0.15) is 0 Å². The Morgan fingerprint density at radius 3 is 2.60 bits per heavy atom. The molecule has 0 atom stereocenters. The molecule has 0 saturated heterocycles. The van der Waals surface area contributed by atoms with Gasteiger partial charge in [0.05, 0.1) is 10.9 Å². The van der Waals surface area contributed by atoms with Crippen LogP contribution in [0.2, 0.25) is 0 Å². The van der Waals surface area contributed by atoms with E-state index in [1.807, 2.05) is 0 Å². The zero-order valence-electron chi connectivity index (χ0n) is 7.90. The Labute approximate surface area is 87.3 Å². The molecule has 1 fully saturated rings. The van der Waals surface area contributed by atoms with Gasteiger partial charge in [-0.1, -0.05) is 6.07 Å². The summed E-state index contributed by atoms with van der Waals surface area (Å²) in [5.74, 6) is -0.653. The molecular weight excluding hydrogens is 219 g/mol. The van der Waals surface area contributed by atoms with Gasteiger partial charge in [-0.3, -0.25) is 4.72 Å². The van der Waals surface area contributed by atoms with Crippen LogP contribution in [-0.2, 0) is 10.0 Å². The van der Waals surface area contributed by atoms with Gasteiger partial charge in [-0.05, 0) is 25.0 Å². The molecule has 0 radical (unpaired) electrons. The lowest BCUT2D eigenvalue weighted by Gasteiger charge is -2.09. The number of sulfonamides is 1. The molecule has 0 spiro atoms. The van der Waals surface area contributed by atoms with Gasteiger partial charge in [0.15, 0.2) is 0 Å². The average molecular weight is 230 g/mol. The predicted octanol–water partition coefficient (Wildman–Crippen LogP) is 1.31. The van der Waals surface area contributed by atoms with E-state index in [0.29, 0.717) is 12.8 Å². The molecule has 0 bridgehead atoms. The van der Waals surface area contributed by atoms with Crippen molar-refractivity contribution in [2.24, 2.45) is 0 Å². The van der Waals surface area contributed by atoms with Gasteiger partial charge in [0, 0.05) is 0 Å². The molecule has 0 aliphatic heterocycles. The summed E-state index contributed by atoms with van der Waals surface area (Å²) in [6.45, 7) is 0. The van der Waals surface area contributed by atoms with Crippen molar-refractivity contribution in [2.75, 3.05) is 10.5 Å². The van der Waals surface area contributed by atoms with E-state index in [9.17, 15) is 12.8 Å². The third-order valence-electron chi connectivity index (χ3n) is 2.25. The Kier molecular flexibility index (Phi) is 2.30. The lowest BCUT2D eigenvalue weighted by atomic mass is 10.3. The largest absolute Gasteiger partial charge is 0.397 e. The van der Waals surface area contributed by atoms with Gasteiger partial charge < -0.3 is 5.73 Å². The minimum Gasteiger partial charge on any atom is -0.397 e. The van der Waals surface area contributed by atoms with Crippen molar-refractivity contribution in [1.82, 2.24) is 0 Å². The highest BCUT2D eigenvalue weighted by atomic mass is 32.2. The highest BCUT2D eigenvalue weighted by Crippen LogP contribution is 2.32. The van der Waals surface area contributed by atoms with Crippen molar-refractivity contribution in [3.63, 3.8) is 0 Å². The van der Waals surface area contributed by atoms with Crippen molar-refractivity contribution in [2.45, 2.75) is 18.1 Å². The number of para-hydroxylation sites is 1. The SMILES string of the molecule is Nc1cccc(F)c1NS(=O)(=O)C1CC1. The molecule has 0 heterocycles. The molecular formula is C9H11FN2O2S. The lowest BCUT2D eigenvalue weighted by Crippen LogP contribution is -2.19. The Hall–Kier alpha value is -1.30. The second-order valence-corrected chi connectivity index (χ2v) is 5.51. The van der Waals surface area contributed by atoms with Gasteiger partial charge in [-0.15, -0.1) is 0 Å². The quantitative estimate of drug-likeness (QED) is 0.769. The fourth-order valence-corrected chi connectivity index (χ4v) is 2.68. The first kappa shape index (κ1) is 10.2. The number of nitrogen functional groups attached to an aromatic ring is 1. The van der Waals surface area contributed by atoms with E-state index >= 15 is 0 Å². The summed E-state index contributed by atoms with van der Waals surface area (Å²) in [5, 5.41) is -0.392. The second kappa shape index (κ2) is 3.37. The molecule has 0 amide bonds. The molecule has 6 heteroatoms. The zero-order chi connectivity index (χ0) is 11.1. The maximum absolute atomic E-state index is 13.3. The fraction of sp³-hybridized carbons (Fsp3) is 0.333. The van der Waals surface area contributed by atoms with Crippen molar-refractivity contribution in [3.8, 4) is 0 Å². The number of nitrogens with one attached hydrogen (secondary N) is 1. The van der Waals surface area contributed by atoms with Gasteiger partial charge in [0.1, 0.15) is 11.5 Å². The highest BCUT2D eigenvalue weighted by molar-refractivity contribution is 7.93. The molecule has 82 valence electrons. The number of anilines is 2. The van der Waals surface area contributed by atoms with Gasteiger partial charge in [0.25, 0.3) is 0 Å². The minimum absolute atomic E-state index is 0.0965. The Bertz CT molecular complexity index is 463. The van der Waals surface area contributed by atoms with Crippen LogP contribution in [0.4, 0.5) is 15.8 Å². The number of halogens is 1. The summed E-state index contributed by atoms with van der Waals surface area (Å²) in [5.41, 5.74) is 5.43. The van der Waals surface area contributed by atoms with Gasteiger partial charge in [0.2, 0.25) is 10.0 Å². The molecule has 1 aromatic carbocycles. The Balaban J connectivity index is 2.31. The molecule has 1 aliphatic carbocycles. The number of benzene rings is 1. The molecule has 4 nitrogen and oxygen atoms in total. The van der Waals surface area contributed by atoms with Crippen molar-refractivity contribution >= 4 is 21.4 Å². The van der Waals surface area contributed by atoms with E-state index in [1.54, 1.807) is 0 Å². The Morgan fingerprint density at radius 2 is 2.07 bits per heavy atom. The molecule has 1 aromatic rings. The molecule has 0 aromatic heterocycles. The van der Waals surface area contributed by atoms with Crippen LogP contribution in [-0.4, -0.2) is 13.7 Å². The first-order valence-corrected chi connectivity index (χ1v) is 6.11. The molecule has 0 unspecified atom stereocenters. The van der Waals surface area contributed by atoms with Crippen LogP contribution >= 0.6 is 0 Å². The van der Waals surface area contributed by atoms with E-state index < -0.39 is 21.1 Å². The maximum Gasteiger partial charge on any atom is 0.235 e. The van der Waals surface area contributed by atoms with E-state index in [-0.39, 0.29) is 11.4 Å². The Morgan fingerprint density at radius 1 is 1.40 bits per heavy atom. The van der Waals surface area contributed by atoms with Crippen molar-refractivity contribution in [1.29, 1.82) is 0 Å². The number of hydrogen-bond acceptors (Lipinski definition) is 3.